The van der Waals surface area contributed by atoms with Gasteiger partial charge in [-0.15, -0.1) is 0 Å². The standard InChI is InChI=1S/C17H24N2/c1-3-14-7-9-17(10-8-14)19(2)13-16-6-4-5-15(11-16)12-18/h4-6,11,14,17H,3,7-10,13H2,1-2H3. The van der Waals surface area contributed by atoms with Crippen molar-refractivity contribution < 1.29 is 0 Å². The van der Waals surface area contributed by atoms with Crippen LogP contribution in [0.15, 0.2) is 24.3 Å². The molecule has 1 aromatic rings. The first kappa shape index (κ1) is 14.1. The van der Waals surface area contributed by atoms with Crippen molar-refractivity contribution in [1.29, 1.82) is 5.26 Å². The minimum absolute atomic E-state index is 0.716. The SMILES string of the molecule is CCC1CCC(N(C)Cc2cccc(C#N)c2)CC1. The van der Waals surface area contributed by atoms with E-state index < -0.39 is 0 Å². The lowest BCUT2D eigenvalue weighted by Gasteiger charge is -2.34. The Morgan fingerprint density at radius 1 is 1.26 bits per heavy atom. The molecule has 1 fully saturated rings. The molecule has 1 aliphatic rings. The van der Waals surface area contributed by atoms with Crippen LogP contribution in [-0.2, 0) is 6.54 Å². The Balaban J connectivity index is 1.90. The molecule has 0 aliphatic heterocycles. The lowest BCUT2D eigenvalue weighted by atomic mass is 9.84. The van der Waals surface area contributed by atoms with Gasteiger partial charge in [0.05, 0.1) is 11.6 Å². The predicted octanol–water partition coefficient (Wildman–Crippen LogP) is 3.96. The maximum absolute atomic E-state index is 8.94. The highest BCUT2D eigenvalue weighted by Crippen LogP contribution is 2.29. The number of rotatable bonds is 4. The maximum atomic E-state index is 8.94. The van der Waals surface area contributed by atoms with Crippen LogP contribution >= 0.6 is 0 Å². The second kappa shape index (κ2) is 6.73. The summed E-state index contributed by atoms with van der Waals surface area (Å²) in [7, 11) is 2.22. The highest BCUT2D eigenvalue weighted by atomic mass is 15.1. The molecule has 0 aromatic heterocycles. The minimum atomic E-state index is 0.716. The van der Waals surface area contributed by atoms with E-state index >= 15 is 0 Å². The van der Waals surface area contributed by atoms with E-state index in [-0.39, 0.29) is 0 Å². The highest BCUT2D eigenvalue weighted by molar-refractivity contribution is 5.32. The van der Waals surface area contributed by atoms with Gasteiger partial charge >= 0.3 is 0 Å². The number of hydrogen-bond donors (Lipinski definition) is 0. The first-order valence-corrected chi connectivity index (χ1v) is 7.42. The van der Waals surface area contributed by atoms with Gasteiger partial charge in [0.2, 0.25) is 0 Å². The fraction of sp³-hybridized carbons (Fsp3) is 0.588. The van der Waals surface area contributed by atoms with Gasteiger partial charge in [-0.1, -0.05) is 25.5 Å². The van der Waals surface area contributed by atoms with Gasteiger partial charge in [-0.3, -0.25) is 4.90 Å². The zero-order chi connectivity index (χ0) is 13.7. The third-order valence-electron chi connectivity index (χ3n) is 4.51. The molecule has 19 heavy (non-hydrogen) atoms. The lowest BCUT2D eigenvalue weighted by molar-refractivity contribution is 0.157. The molecule has 0 amide bonds. The van der Waals surface area contributed by atoms with Crippen LogP contribution < -0.4 is 0 Å². The Bertz CT molecular complexity index is 439. The van der Waals surface area contributed by atoms with Gasteiger partial charge in [0.15, 0.2) is 0 Å². The normalized spacial score (nSPS) is 23.3. The van der Waals surface area contributed by atoms with Crippen molar-refractivity contribution in [3.8, 4) is 6.07 Å². The molecule has 0 heterocycles. The van der Waals surface area contributed by atoms with E-state index in [1.807, 2.05) is 18.2 Å². The Kier molecular flexibility index (Phi) is 4.99. The van der Waals surface area contributed by atoms with Crippen molar-refractivity contribution in [2.45, 2.75) is 51.6 Å². The first-order valence-electron chi connectivity index (χ1n) is 7.42. The number of nitriles is 1. The van der Waals surface area contributed by atoms with E-state index in [9.17, 15) is 0 Å². The van der Waals surface area contributed by atoms with Crippen LogP contribution in [-0.4, -0.2) is 18.0 Å². The van der Waals surface area contributed by atoms with Gasteiger partial charge in [-0.2, -0.15) is 5.26 Å². The second-order valence-electron chi connectivity index (χ2n) is 5.81. The molecule has 2 heteroatoms. The molecule has 0 radical (unpaired) electrons. The van der Waals surface area contributed by atoms with E-state index in [1.54, 1.807) is 0 Å². The summed E-state index contributed by atoms with van der Waals surface area (Å²) in [6, 6.07) is 10.9. The van der Waals surface area contributed by atoms with Crippen molar-refractivity contribution in [2.75, 3.05) is 7.05 Å². The molecule has 0 unspecified atom stereocenters. The molecule has 0 spiro atoms. The smallest absolute Gasteiger partial charge is 0.0991 e. The quantitative estimate of drug-likeness (QED) is 0.815. The van der Waals surface area contributed by atoms with Crippen LogP contribution in [0.25, 0.3) is 0 Å². The summed E-state index contributed by atoms with van der Waals surface area (Å²) < 4.78 is 0. The Hall–Kier alpha value is -1.33. The maximum Gasteiger partial charge on any atom is 0.0991 e. The van der Waals surface area contributed by atoms with Crippen LogP contribution in [0, 0.1) is 17.2 Å². The van der Waals surface area contributed by atoms with E-state index in [0.717, 1.165) is 18.0 Å². The monoisotopic (exact) mass is 256 g/mol. The summed E-state index contributed by atoms with van der Waals surface area (Å²) >= 11 is 0. The van der Waals surface area contributed by atoms with Gasteiger partial charge in [-0.25, -0.2) is 0 Å². The fourth-order valence-corrected chi connectivity index (χ4v) is 3.15. The molecular weight excluding hydrogens is 232 g/mol. The summed E-state index contributed by atoms with van der Waals surface area (Å²) in [4.78, 5) is 2.46. The first-order chi connectivity index (χ1) is 9.22. The summed E-state index contributed by atoms with van der Waals surface area (Å²) in [6.45, 7) is 3.26. The summed E-state index contributed by atoms with van der Waals surface area (Å²) in [5.41, 5.74) is 2.01. The molecule has 0 bridgehead atoms. The molecular formula is C17H24N2. The number of hydrogen-bond acceptors (Lipinski definition) is 2. The molecule has 1 aromatic carbocycles. The highest BCUT2D eigenvalue weighted by Gasteiger charge is 2.22. The molecule has 102 valence electrons. The van der Waals surface area contributed by atoms with Crippen LogP contribution in [0.3, 0.4) is 0 Å². The van der Waals surface area contributed by atoms with Crippen molar-refractivity contribution in [3.05, 3.63) is 35.4 Å². The second-order valence-corrected chi connectivity index (χ2v) is 5.81. The van der Waals surface area contributed by atoms with E-state index in [4.69, 9.17) is 5.26 Å². The van der Waals surface area contributed by atoms with E-state index in [2.05, 4.69) is 31.0 Å². The lowest BCUT2D eigenvalue weighted by Crippen LogP contribution is -2.34. The largest absolute Gasteiger partial charge is 0.299 e. The molecule has 1 aliphatic carbocycles. The van der Waals surface area contributed by atoms with Crippen LogP contribution in [0.1, 0.15) is 50.2 Å². The average Bonchev–Trinajstić information content (AvgIpc) is 2.47. The fourth-order valence-electron chi connectivity index (χ4n) is 3.15. The molecule has 1 saturated carbocycles. The third-order valence-corrected chi connectivity index (χ3v) is 4.51. The summed E-state index contributed by atoms with van der Waals surface area (Å²) in [5, 5.41) is 8.94. The van der Waals surface area contributed by atoms with E-state index in [1.165, 1.54) is 37.7 Å². The van der Waals surface area contributed by atoms with Gasteiger partial charge in [0.25, 0.3) is 0 Å². The third kappa shape index (κ3) is 3.81. The molecule has 2 rings (SSSR count). The molecule has 0 N–H and O–H groups in total. The van der Waals surface area contributed by atoms with Crippen LogP contribution in [0.5, 0.6) is 0 Å². The van der Waals surface area contributed by atoms with Crippen molar-refractivity contribution >= 4 is 0 Å². The van der Waals surface area contributed by atoms with Crippen LogP contribution in [0.2, 0.25) is 0 Å². The molecule has 2 nitrogen and oxygen atoms in total. The van der Waals surface area contributed by atoms with Crippen molar-refractivity contribution in [2.24, 2.45) is 5.92 Å². The number of benzene rings is 1. The van der Waals surface area contributed by atoms with Crippen molar-refractivity contribution in [3.63, 3.8) is 0 Å². The number of nitrogens with zero attached hydrogens (tertiary/aromatic N) is 2. The summed E-state index contributed by atoms with van der Waals surface area (Å²) in [6.07, 6.45) is 6.74. The van der Waals surface area contributed by atoms with E-state index in [0.29, 0.717) is 6.04 Å². The molecule has 0 atom stereocenters. The van der Waals surface area contributed by atoms with Gasteiger partial charge in [0, 0.05) is 12.6 Å². The van der Waals surface area contributed by atoms with Gasteiger partial charge in [-0.05, 0) is 56.3 Å². The minimum Gasteiger partial charge on any atom is -0.299 e. The zero-order valence-corrected chi connectivity index (χ0v) is 12.1. The van der Waals surface area contributed by atoms with Gasteiger partial charge < -0.3 is 0 Å². The average molecular weight is 256 g/mol. The Morgan fingerprint density at radius 3 is 2.63 bits per heavy atom. The Morgan fingerprint density at radius 2 is 2.00 bits per heavy atom. The Labute approximate surface area is 117 Å². The van der Waals surface area contributed by atoms with Crippen LogP contribution in [0.4, 0.5) is 0 Å². The van der Waals surface area contributed by atoms with Crippen molar-refractivity contribution in [1.82, 2.24) is 4.90 Å². The summed E-state index contributed by atoms with van der Waals surface area (Å²) in [5.74, 6) is 0.951. The molecule has 0 saturated heterocycles. The van der Waals surface area contributed by atoms with Gasteiger partial charge in [0.1, 0.15) is 0 Å². The predicted molar refractivity (Wildman–Crippen MR) is 78.7 cm³/mol. The topological polar surface area (TPSA) is 27.0 Å². The zero-order valence-electron chi connectivity index (χ0n) is 12.1.